The summed E-state index contributed by atoms with van der Waals surface area (Å²) in [5, 5.41) is 8.23. The van der Waals surface area contributed by atoms with Gasteiger partial charge in [0.05, 0.1) is 17.1 Å². The highest BCUT2D eigenvalue weighted by Crippen LogP contribution is 2.24. The first-order valence-corrected chi connectivity index (χ1v) is 8.20. The van der Waals surface area contributed by atoms with E-state index in [-0.39, 0.29) is 23.0 Å². The van der Waals surface area contributed by atoms with Gasteiger partial charge in [-0.05, 0) is 30.3 Å². The normalized spacial score (nSPS) is 13.6. The lowest BCUT2D eigenvalue weighted by Gasteiger charge is -2.28. The third-order valence-corrected chi connectivity index (χ3v) is 4.46. The Labute approximate surface area is 152 Å². The molecule has 1 aliphatic heterocycles. The molecule has 2 aromatic heterocycles. The minimum Gasteiger partial charge on any atom is -0.329 e. The second-order valence-electron chi connectivity index (χ2n) is 5.79. The number of hydrogen-bond donors (Lipinski definition) is 0. The zero-order chi connectivity index (χ0) is 18.3. The molecule has 132 valence electrons. The summed E-state index contributed by atoms with van der Waals surface area (Å²) in [5.41, 5.74) is 0.609. The predicted octanol–water partition coefficient (Wildman–Crippen LogP) is 2.93. The molecule has 4 rings (SSSR count). The fraction of sp³-hybridized carbons (Fsp3) is 0.176. The van der Waals surface area contributed by atoms with Gasteiger partial charge in [0.2, 0.25) is 5.95 Å². The maximum atomic E-state index is 13.4. The molecule has 1 aliphatic rings. The maximum Gasteiger partial charge on any atom is 0.255 e. The van der Waals surface area contributed by atoms with Crippen molar-refractivity contribution in [2.24, 2.45) is 0 Å². The van der Waals surface area contributed by atoms with Crippen LogP contribution in [0.5, 0.6) is 0 Å². The Morgan fingerprint density at radius 2 is 1.96 bits per heavy atom. The summed E-state index contributed by atoms with van der Waals surface area (Å²) in [6, 6.07) is 8.12. The van der Waals surface area contributed by atoms with Crippen molar-refractivity contribution in [2.75, 3.05) is 6.54 Å². The van der Waals surface area contributed by atoms with Crippen molar-refractivity contribution in [1.82, 2.24) is 24.6 Å². The molecule has 6 nitrogen and oxygen atoms in total. The molecule has 0 N–H and O–H groups in total. The Balaban J connectivity index is 1.60. The molecule has 0 atom stereocenters. The summed E-state index contributed by atoms with van der Waals surface area (Å²) < 4.78 is 28.3. The lowest BCUT2D eigenvalue weighted by atomic mass is 10.1. The Bertz CT molecular complexity index is 1010. The van der Waals surface area contributed by atoms with Crippen LogP contribution in [0.2, 0.25) is 5.02 Å². The lowest BCUT2D eigenvalue weighted by Crippen LogP contribution is -2.38. The molecule has 26 heavy (non-hydrogen) atoms. The van der Waals surface area contributed by atoms with E-state index in [2.05, 4.69) is 15.2 Å². The van der Waals surface area contributed by atoms with Gasteiger partial charge in [0.25, 0.3) is 5.91 Å². The summed E-state index contributed by atoms with van der Waals surface area (Å²) in [5.74, 6) is -0.402. The zero-order valence-corrected chi connectivity index (χ0v) is 14.1. The average Bonchev–Trinajstić information content (AvgIpc) is 3.04. The van der Waals surface area contributed by atoms with Crippen LogP contribution in [0.15, 0.2) is 36.4 Å². The topological polar surface area (TPSA) is 63.9 Å². The second kappa shape index (κ2) is 6.45. The number of nitrogens with zero attached hydrogens (tertiary/aromatic N) is 5. The number of aromatic nitrogens is 4. The van der Waals surface area contributed by atoms with E-state index in [0.717, 1.165) is 6.07 Å². The van der Waals surface area contributed by atoms with Crippen molar-refractivity contribution in [3.63, 3.8) is 0 Å². The first-order chi connectivity index (χ1) is 12.5. The highest BCUT2D eigenvalue weighted by Gasteiger charge is 2.27. The van der Waals surface area contributed by atoms with Crippen LogP contribution in [-0.4, -0.2) is 37.1 Å². The van der Waals surface area contributed by atoms with Crippen molar-refractivity contribution >= 4 is 17.5 Å². The van der Waals surface area contributed by atoms with Crippen LogP contribution in [0.25, 0.3) is 11.5 Å². The van der Waals surface area contributed by atoms with Gasteiger partial charge in [0, 0.05) is 13.1 Å². The van der Waals surface area contributed by atoms with Crippen molar-refractivity contribution in [2.45, 2.75) is 13.1 Å². The van der Waals surface area contributed by atoms with Crippen LogP contribution in [0.3, 0.4) is 0 Å². The quantitative estimate of drug-likeness (QED) is 0.646. The number of carbonyl (C=O) groups is 1. The molecule has 1 aromatic carbocycles. The standard InChI is InChI=1S/C17H12ClF2N5O/c18-12-8-10(19)4-5-11(12)17(26)24-6-7-25-15(9-24)22-23-16(25)13-2-1-3-14(20)21-13/h1-5,8H,6-7,9H2. The van der Waals surface area contributed by atoms with Gasteiger partial charge in [0.15, 0.2) is 11.6 Å². The number of rotatable bonds is 2. The van der Waals surface area contributed by atoms with Gasteiger partial charge in [-0.1, -0.05) is 17.7 Å². The van der Waals surface area contributed by atoms with E-state index < -0.39 is 11.8 Å². The molecule has 3 heterocycles. The van der Waals surface area contributed by atoms with Crippen LogP contribution in [0, 0.1) is 11.8 Å². The number of amides is 1. The van der Waals surface area contributed by atoms with Crippen molar-refractivity contribution < 1.29 is 13.6 Å². The number of halogens is 3. The van der Waals surface area contributed by atoms with E-state index in [9.17, 15) is 13.6 Å². The van der Waals surface area contributed by atoms with E-state index in [0.29, 0.717) is 30.4 Å². The SMILES string of the molecule is O=C(c1ccc(F)cc1Cl)N1CCn2c(nnc2-c2cccc(F)n2)C1. The van der Waals surface area contributed by atoms with Gasteiger partial charge in [-0.2, -0.15) is 4.39 Å². The molecule has 0 bridgehead atoms. The van der Waals surface area contributed by atoms with Crippen molar-refractivity contribution in [1.29, 1.82) is 0 Å². The Morgan fingerprint density at radius 1 is 1.12 bits per heavy atom. The van der Waals surface area contributed by atoms with Crippen LogP contribution >= 0.6 is 11.6 Å². The number of carbonyl (C=O) groups excluding carboxylic acids is 1. The third-order valence-electron chi connectivity index (χ3n) is 4.15. The summed E-state index contributed by atoms with van der Waals surface area (Å²) in [6.45, 7) is 1.04. The van der Waals surface area contributed by atoms with Crippen LogP contribution in [0.1, 0.15) is 16.2 Å². The minimum absolute atomic E-state index is 0.0618. The second-order valence-corrected chi connectivity index (χ2v) is 6.20. The van der Waals surface area contributed by atoms with E-state index >= 15 is 0 Å². The fourth-order valence-electron chi connectivity index (χ4n) is 2.89. The van der Waals surface area contributed by atoms with Gasteiger partial charge in [-0.25, -0.2) is 9.37 Å². The molecular formula is C17H12ClF2N5O. The third kappa shape index (κ3) is 2.92. The smallest absolute Gasteiger partial charge is 0.255 e. The fourth-order valence-corrected chi connectivity index (χ4v) is 3.13. The van der Waals surface area contributed by atoms with Crippen molar-refractivity contribution in [3.05, 3.63) is 64.6 Å². The van der Waals surface area contributed by atoms with Crippen LogP contribution < -0.4 is 0 Å². The summed E-state index contributed by atoms with van der Waals surface area (Å²) >= 11 is 5.98. The van der Waals surface area contributed by atoms with Gasteiger partial charge in [-0.3, -0.25) is 4.79 Å². The molecule has 9 heteroatoms. The summed E-state index contributed by atoms with van der Waals surface area (Å²) in [4.78, 5) is 18.0. The molecular weight excluding hydrogens is 364 g/mol. The van der Waals surface area contributed by atoms with E-state index in [4.69, 9.17) is 11.6 Å². The largest absolute Gasteiger partial charge is 0.329 e. The highest BCUT2D eigenvalue weighted by atomic mass is 35.5. The first-order valence-electron chi connectivity index (χ1n) is 7.82. The predicted molar refractivity (Wildman–Crippen MR) is 89.4 cm³/mol. The summed E-state index contributed by atoms with van der Waals surface area (Å²) in [7, 11) is 0. The van der Waals surface area contributed by atoms with Gasteiger partial charge in [-0.15, -0.1) is 10.2 Å². The molecule has 0 spiro atoms. The number of benzene rings is 1. The molecule has 0 fully saturated rings. The van der Waals surface area contributed by atoms with Gasteiger partial charge < -0.3 is 9.47 Å². The molecule has 0 aliphatic carbocycles. The van der Waals surface area contributed by atoms with E-state index in [1.165, 1.54) is 18.2 Å². The van der Waals surface area contributed by atoms with Crippen molar-refractivity contribution in [3.8, 4) is 11.5 Å². The summed E-state index contributed by atoms with van der Waals surface area (Å²) in [6.07, 6.45) is 0. The molecule has 0 radical (unpaired) electrons. The number of pyridine rings is 1. The molecule has 1 amide bonds. The zero-order valence-electron chi connectivity index (χ0n) is 13.4. The average molecular weight is 376 g/mol. The lowest BCUT2D eigenvalue weighted by molar-refractivity contribution is 0.0708. The van der Waals surface area contributed by atoms with E-state index in [1.807, 2.05) is 0 Å². The Morgan fingerprint density at radius 3 is 2.73 bits per heavy atom. The minimum atomic E-state index is -0.599. The first kappa shape index (κ1) is 16.6. The molecule has 0 saturated heterocycles. The van der Waals surface area contributed by atoms with Gasteiger partial charge in [0.1, 0.15) is 11.5 Å². The van der Waals surface area contributed by atoms with E-state index in [1.54, 1.807) is 21.6 Å². The maximum absolute atomic E-state index is 13.4. The highest BCUT2D eigenvalue weighted by molar-refractivity contribution is 6.33. The molecule has 3 aromatic rings. The van der Waals surface area contributed by atoms with Crippen LogP contribution in [-0.2, 0) is 13.1 Å². The monoisotopic (exact) mass is 375 g/mol. The molecule has 0 unspecified atom stereocenters. The van der Waals surface area contributed by atoms with Gasteiger partial charge >= 0.3 is 0 Å². The van der Waals surface area contributed by atoms with Crippen LogP contribution in [0.4, 0.5) is 8.78 Å². The Kier molecular flexibility index (Phi) is 4.12. The Hall–Kier alpha value is -2.87. The number of fused-ring (bicyclic) bond motifs is 1. The number of hydrogen-bond acceptors (Lipinski definition) is 4. The molecule has 0 saturated carbocycles.